The number of anilines is 1. The van der Waals surface area contributed by atoms with Gasteiger partial charge in [-0.05, 0) is 44.2 Å². The zero-order chi connectivity index (χ0) is 22.1. The summed E-state index contributed by atoms with van der Waals surface area (Å²) in [4.78, 5) is 17.2. The van der Waals surface area contributed by atoms with Crippen molar-refractivity contribution < 1.29 is 17.9 Å². The van der Waals surface area contributed by atoms with Crippen LogP contribution in [0.5, 0.6) is 0 Å². The molecule has 0 saturated carbocycles. The molecule has 0 unspecified atom stereocenters. The highest BCUT2D eigenvalue weighted by atomic mass is 35.5. The molecular weight excluding hydrogens is 467 g/mol. The zero-order valence-corrected chi connectivity index (χ0v) is 19.5. The van der Waals surface area contributed by atoms with Crippen LogP contribution in [0.15, 0.2) is 47.4 Å². The lowest BCUT2D eigenvalue weighted by atomic mass is 10.2. The van der Waals surface area contributed by atoms with E-state index in [4.69, 9.17) is 23.2 Å². The minimum atomic E-state index is -3.99. The summed E-state index contributed by atoms with van der Waals surface area (Å²) in [7, 11) is -2.79. The first-order valence-corrected chi connectivity index (χ1v) is 11.8. The number of aryl methyl sites for hydroxylation is 1. The summed E-state index contributed by atoms with van der Waals surface area (Å²) < 4.78 is 32.6. The zero-order valence-electron chi connectivity index (χ0n) is 16.3. The predicted molar refractivity (Wildman–Crippen MR) is 120 cm³/mol. The normalized spacial score (nSPS) is 11.4. The Bertz CT molecular complexity index is 1190. The second kappa shape index (κ2) is 8.93. The summed E-state index contributed by atoms with van der Waals surface area (Å²) in [6, 6.07) is 11.1. The fraction of sp³-hybridized carbons (Fsp3) is 0.200. The third kappa shape index (κ3) is 4.32. The smallest absolute Gasteiger partial charge is 0.339 e. The molecule has 2 aromatic carbocycles. The number of halogens is 2. The quantitative estimate of drug-likeness (QED) is 0.436. The number of sulfonamides is 1. The maximum Gasteiger partial charge on any atom is 0.339 e. The summed E-state index contributed by atoms with van der Waals surface area (Å²) in [5.41, 5.74) is 0.819. The lowest BCUT2D eigenvalue weighted by Crippen LogP contribution is -2.31. The van der Waals surface area contributed by atoms with Crippen molar-refractivity contribution in [1.29, 1.82) is 0 Å². The Morgan fingerprint density at radius 2 is 1.83 bits per heavy atom. The summed E-state index contributed by atoms with van der Waals surface area (Å²) in [6.07, 6.45) is 0. The molecule has 0 atom stereocenters. The SMILES string of the molecule is CCN(c1nc(-c2ccc(Cl)cc2)sc1C)S(=O)(=O)c1ccc(Cl)c(C(=O)OC)c1. The van der Waals surface area contributed by atoms with Gasteiger partial charge >= 0.3 is 5.97 Å². The number of ether oxygens (including phenoxy) is 1. The van der Waals surface area contributed by atoms with E-state index in [9.17, 15) is 13.2 Å². The Hall–Kier alpha value is -2.13. The van der Waals surface area contributed by atoms with E-state index < -0.39 is 16.0 Å². The van der Waals surface area contributed by atoms with Crippen molar-refractivity contribution in [2.45, 2.75) is 18.7 Å². The standard InChI is InChI=1S/C20H18Cl2N2O4S2/c1-4-24(18-12(2)29-19(23-18)13-5-7-14(21)8-6-13)30(26,27)15-9-10-17(22)16(11-15)20(25)28-3/h5-11H,4H2,1-3H3. The molecule has 0 fully saturated rings. The minimum absolute atomic E-state index is 0.0202. The van der Waals surface area contributed by atoms with E-state index in [1.807, 2.05) is 19.1 Å². The van der Waals surface area contributed by atoms with Gasteiger partial charge in [0.2, 0.25) is 0 Å². The largest absolute Gasteiger partial charge is 0.465 e. The third-order valence-corrected chi connectivity index (χ3v) is 7.77. The molecule has 0 N–H and O–H groups in total. The number of esters is 1. The Balaban J connectivity index is 2.05. The Labute approximate surface area is 189 Å². The third-order valence-electron chi connectivity index (χ3n) is 4.32. The molecule has 0 aliphatic rings. The molecule has 0 saturated heterocycles. The second-order valence-electron chi connectivity index (χ2n) is 6.21. The first-order valence-electron chi connectivity index (χ1n) is 8.83. The van der Waals surface area contributed by atoms with Gasteiger partial charge in [-0.2, -0.15) is 0 Å². The molecule has 1 aromatic heterocycles. The lowest BCUT2D eigenvalue weighted by molar-refractivity contribution is 0.0600. The van der Waals surface area contributed by atoms with Crippen molar-refractivity contribution in [3.63, 3.8) is 0 Å². The number of methoxy groups -OCH3 is 1. The lowest BCUT2D eigenvalue weighted by Gasteiger charge is -2.21. The van der Waals surface area contributed by atoms with Crippen LogP contribution >= 0.6 is 34.5 Å². The van der Waals surface area contributed by atoms with Crippen molar-refractivity contribution in [3.8, 4) is 10.6 Å². The average molecular weight is 485 g/mol. The van der Waals surface area contributed by atoms with Crippen LogP contribution in [0.4, 0.5) is 5.82 Å². The summed E-state index contributed by atoms with van der Waals surface area (Å²) >= 11 is 13.4. The van der Waals surface area contributed by atoms with Gasteiger partial charge < -0.3 is 4.74 Å². The maximum atomic E-state index is 13.4. The molecule has 0 aliphatic heterocycles. The molecule has 30 heavy (non-hydrogen) atoms. The molecule has 3 aromatic rings. The molecule has 6 nitrogen and oxygen atoms in total. The van der Waals surface area contributed by atoms with Crippen LogP contribution in [0, 0.1) is 6.92 Å². The molecule has 0 amide bonds. The molecule has 0 spiro atoms. The van der Waals surface area contributed by atoms with Gasteiger partial charge in [0.05, 0.1) is 22.6 Å². The van der Waals surface area contributed by atoms with Gasteiger partial charge in [0.15, 0.2) is 5.82 Å². The Morgan fingerprint density at radius 1 is 1.17 bits per heavy atom. The maximum absolute atomic E-state index is 13.4. The van der Waals surface area contributed by atoms with Crippen molar-refractivity contribution in [1.82, 2.24) is 4.98 Å². The molecule has 0 radical (unpaired) electrons. The van der Waals surface area contributed by atoms with Crippen molar-refractivity contribution >= 4 is 56.3 Å². The number of thiazole rings is 1. The van der Waals surface area contributed by atoms with Crippen LogP contribution in [0.25, 0.3) is 10.6 Å². The van der Waals surface area contributed by atoms with Gasteiger partial charge in [-0.1, -0.05) is 35.3 Å². The second-order valence-corrected chi connectivity index (χ2v) is 10.1. The summed E-state index contributed by atoms with van der Waals surface area (Å²) in [6.45, 7) is 3.69. The van der Waals surface area contributed by atoms with Gasteiger partial charge in [-0.25, -0.2) is 22.5 Å². The highest BCUT2D eigenvalue weighted by Gasteiger charge is 2.29. The number of benzene rings is 2. The molecule has 1 heterocycles. The van der Waals surface area contributed by atoms with Gasteiger partial charge in [0.1, 0.15) is 5.01 Å². The number of carbonyl (C=O) groups is 1. The van der Waals surface area contributed by atoms with E-state index in [2.05, 4.69) is 9.72 Å². The number of nitrogens with zero attached hydrogens (tertiary/aromatic N) is 2. The average Bonchev–Trinajstić information content (AvgIpc) is 3.09. The van der Waals surface area contributed by atoms with E-state index in [0.717, 1.165) is 10.4 Å². The van der Waals surface area contributed by atoms with E-state index >= 15 is 0 Å². The summed E-state index contributed by atoms with van der Waals surface area (Å²) in [5.74, 6) is -0.378. The van der Waals surface area contributed by atoms with Crippen molar-refractivity contribution in [2.24, 2.45) is 0 Å². The van der Waals surface area contributed by atoms with Gasteiger partial charge in [-0.15, -0.1) is 11.3 Å². The summed E-state index contributed by atoms with van der Waals surface area (Å²) in [5, 5.41) is 1.40. The monoisotopic (exact) mass is 484 g/mol. The van der Waals surface area contributed by atoms with Crippen LogP contribution < -0.4 is 4.31 Å². The molecule has 0 bridgehead atoms. The van der Waals surface area contributed by atoms with E-state index in [1.165, 1.54) is 41.0 Å². The van der Waals surface area contributed by atoms with Crippen LogP contribution in [0.2, 0.25) is 10.0 Å². The molecular formula is C20H18Cl2N2O4S2. The number of aromatic nitrogens is 1. The van der Waals surface area contributed by atoms with Crippen LogP contribution in [0.3, 0.4) is 0 Å². The van der Waals surface area contributed by atoms with Crippen molar-refractivity contribution in [3.05, 3.63) is 63.0 Å². The van der Waals surface area contributed by atoms with Gasteiger partial charge in [0, 0.05) is 22.0 Å². The van der Waals surface area contributed by atoms with E-state index in [-0.39, 0.29) is 22.0 Å². The van der Waals surface area contributed by atoms with E-state index in [0.29, 0.717) is 15.8 Å². The van der Waals surface area contributed by atoms with Gasteiger partial charge in [-0.3, -0.25) is 0 Å². The number of hydrogen-bond donors (Lipinski definition) is 0. The van der Waals surface area contributed by atoms with Crippen LogP contribution in [0.1, 0.15) is 22.2 Å². The molecule has 10 heteroatoms. The van der Waals surface area contributed by atoms with Gasteiger partial charge in [0.25, 0.3) is 10.0 Å². The highest BCUT2D eigenvalue weighted by Crippen LogP contribution is 2.35. The van der Waals surface area contributed by atoms with Crippen LogP contribution in [-0.4, -0.2) is 33.0 Å². The number of carbonyl (C=O) groups excluding carboxylic acids is 1. The highest BCUT2D eigenvalue weighted by molar-refractivity contribution is 7.92. The first kappa shape index (κ1) is 22.6. The Morgan fingerprint density at radius 3 is 2.43 bits per heavy atom. The molecule has 3 rings (SSSR count). The van der Waals surface area contributed by atoms with Crippen LogP contribution in [-0.2, 0) is 14.8 Å². The Kier molecular flexibility index (Phi) is 6.71. The van der Waals surface area contributed by atoms with E-state index in [1.54, 1.807) is 19.1 Å². The predicted octanol–water partition coefficient (Wildman–Crippen LogP) is 5.43. The topological polar surface area (TPSA) is 76.6 Å². The van der Waals surface area contributed by atoms with Crippen molar-refractivity contribution in [2.75, 3.05) is 18.0 Å². The number of hydrogen-bond acceptors (Lipinski definition) is 6. The fourth-order valence-electron chi connectivity index (χ4n) is 2.83. The molecule has 158 valence electrons. The fourth-order valence-corrected chi connectivity index (χ4v) is 5.64. The number of rotatable bonds is 6. The minimum Gasteiger partial charge on any atom is -0.465 e. The molecule has 0 aliphatic carbocycles. The first-order chi connectivity index (χ1) is 14.2.